The van der Waals surface area contributed by atoms with Crippen molar-refractivity contribution in [3.8, 4) is 16.8 Å². The first-order chi connectivity index (χ1) is 28.2. The maximum absolute atomic E-state index is 6.69. The molecule has 6 heteroatoms. The number of aliphatic imine (C=N–C) groups is 1. The van der Waals surface area contributed by atoms with E-state index in [9.17, 15) is 0 Å². The standard InChI is InChI=1S/C51H36N4OS/c1-3-12-31(13-4-1)49-52-50(32-14-5-2-6-15-32)54-51(53-49)34-23-27-47-42(28-34)41-19-11-18-36(48(41)57-47)33-22-25-39-40-26-24-35(30-46(40)56-45(39)29-33)55-43-20-9-7-16-37(43)38-17-8-10-21-44(38)55/h1-22,24-30,34,49,51,53H,23H2,(H,52,54). The number of rotatable bonds is 5. The molecular weight excluding hydrogens is 717 g/mol. The van der Waals surface area contributed by atoms with Crippen molar-refractivity contribution < 1.29 is 4.42 Å². The van der Waals surface area contributed by atoms with Crippen molar-refractivity contribution in [2.45, 2.75) is 18.8 Å². The number of thiophene rings is 1. The minimum atomic E-state index is -0.0832. The summed E-state index contributed by atoms with van der Waals surface area (Å²) < 4.78 is 11.7. The molecule has 7 aromatic carbocycles. The fourth-order valence-electron chi connectivity index (χ4n) is 9.09. The molecule has 57 heavy (non-hydrogen) atoms. The maximum Gasteiger partial charge on any atom is 0.137 e. The van der Waals surface area contributed by atoms with Gasteiger partial charge in [-0.3, -0.25) is 5.32 Å². The van der Waals surface area contributed by atoms with Crippen LogP contribution in [0.3, 0.4) is 0 Å². The minimum absolute atomic E-state index is 0.0436. The molecule has 4 heterocycles. The Morgan fingerprint density at radius 2 is 1.30 bits per heavy atom. The summed E-state index contributed by atoms with van der Waals surface area (Å²) in [6.07, 6.45) is 5.68. The normalized spacial score (nSPS) is 18.0. The lowest BCUT2D eigenvalue weighted by atomic mass is 9.94. The molecule has 0 radical (unpaired) electrons. The summed E-state index contributed by atoms with van der Waals surface area (Å²) in [7, 11) is 0. The van der Waals surface area contributed by atoms with E-state index in [4.69, 9.17) is 9.41 Å². The van der Waals surface area contributed by atoms with Crippen LogP contribution in [0.4, 0.5) is 0 Å². The molecule has 1 aliphatic carbocycles. The summed E-state index contributed by atoms with van der Waals surface area (Å²) in [5.41, 5.74) is 9.95. The lowest BCUT2D eigenvalue weighted by Gasteiger charge is -2.35. The Labute approximate surface area is 332 Å². The lowest BCUT2D eigenvalue weighted by Crippen LogP contribution is -2.51. The van der Waals surface area contributed by atoms with E-state index in [1.165, 1.54) is 52.8 Å². The largest absolute Gasteiger partial charge is 0.456 e. The molecule has 3 atom stereocenters. The SMILES string of the molecule is C1=c2sc3c(-c4ccc5c(c4)oc4cc(-n6c7ccccc7c7ccccc76)ccc45)cccc3c2=CC(C2N=C(c3ccccc3)NC(c3ccccc3)N2)C1. The Hall–Kier alpha value is -6.73. The second-order valence-electron chi connectivity index (χ2n) is 15.1. The molecule has 12 rings (SSSR count). The molecule has 3 aromatic heterocycles. The highest BCUT2D eigenvalue weighted by molar-refractivity contribution is 7.17. The molecule has 0 saturated heterocycles. The number of benzene rings is 7. The Morgan fingerprint density at radius 3 is 2.09 bits per heavy atom. The molecule has 272 valence electrons. The van der Waals surface area contributed by atoms with Gasteiger partial charge in [-0.2, -0.15) is 0 Å². The van der Waals surface area contributed by atoms with Gasteiger partial charge in [0.15, 0.2) is 0 Å². The van der Waals surface area contributed by atoms with Gasteiger partial charge in [-0.1, -0.05) is 133 Å². The third-order valence-electron chi connectivity index (χ3n) is 11.8. The smallest absolute Gasteiger partial charge is 0.137 e. The van der Waals surface area contributed by atoms with Crippen molar-refractivity contribution >= 4 is 83.2 Å². The van der Waals surface area contributed by atoms with Crippen molar-refractivity contribution in [3.63, 3.8) is 0 Å². The number of aromatic nitrogens is 1. The summed E-state index contributed by atoms with van der Waals surface area (Å²) >= 11 is 1.89. The average Bonchev–Trinajstić information content (AvgIpc) is 3.95. The van der Waals surface area contributed by atoms with Crippen molar-refractivity contribution in [1.82, 2.24) is 15.2 Å². The molecule has 0 spiro atoms. The van der Waals surface area contributed by atoms with E-state index in [-0.39, 0.29) is 18.2 Å². The number of fused-ring (bicyclic) bond motifs is 9. The number of furan rings is 1. The third kappa shape index (κ3) is 5.29. The molecular formula is C51H36N4OS. The van der Waals surface area contributed by atoms with Gasteiger partial charge < -0.3 is 14.3 Å². The topological polar surface area (TPSA) is 54.5 Å². The van der Waals surface area contributed by atoms with E-state index < -0.39 is 0 Å². The van der Waals surface area contributed by atoms with E-state index in [0.29, 0.717) is 0 Å². The first-order valence-electron chi connectivity index (χ1n) is 19.6. The molecule has 0 saturated carbocycles. The van der Waals surface area contributed by atoms with Gasteiger partial charge in [0, 0.05) is 59.4 Å². The van der Waals surface area contributed by atoms with Crippen molar-refractivity contribution in [3.05, 3.63) is 185 Å². The summed E-state index contributed by atoms with van der Waals surface area (Å²) in [5, 5.41) is 14.9. The fraction of sp³-hybridized carbons (Fsp3) is 0.0784. The summed E-state index contributed by atoms with van der Waals surface area (Å²) in [6.45, 7) is 0. The van der Waals surface area contributed by atoms with Gasteiger partial charge in [-0.15, -0.1) is 11.3 Å². The van der Waals surface area contributed by atoms with Crippen molar-refractivity contribution in [2.24, 2.45) is 10.9 Å². The number of amidine groups is 1. The van der Waals surface area contributed by atoms with Crippen LogP contribution in [-0.2, 0) is 0 Å². The van der Waals surface area contributed by atoms with Crippen LogP contribution in [0.5, 0.6) is 0 Å². The third-order valence-corrected chi connectivity index (χ3v) is 13.1. The van der Waals surface area contributed by atoms with E-state index in [1.54, 1.807) is 0 Å². The van der Waals surface area contributed by atoms with Gasteiger partial charge >= 0.3 is 0 Å². The number of para-hydroxylation sites is 2. The van der Waals surface area contributed by atoms with E-state index in [0.717, 1.165) is 51.0 Å². The van der Waals surface area contributed by atoms with Crippen molar-refractivity contribution in [2.75, 3.05) is 0 Å². The first kappa shape index (κ1) is 32.5. The van der Waals surface area contributed by atoms with Gasteiger partial charge in [0.2, 0.25) is 0 Å². The van der Waals surface area contributed by atoms with Gasteiger partial charge in [0.25, 0.3) is 0 Å². The monoisotopic (exact) mass is 752 g/mol. The summed E-state index contributed by atoms with van der Waals surface area (Å²) in [6, 6.07) is 58.4. The van der Waals surface area contributed by atoms with Crippen LogP contribution in [0.15, 0.2) is 173 Å². The Morgan fingerprint density at radius 1 is 0.614 bits per heavy atom. The van der Waals surface area contributed by atoms with Gasteiger partial charge in [0.1, 0.15) is 29.3 Å². The van der Waals surface area contributed by atoms with Crippen LogP contribution in [0.1, 0.15) is 23.7 Å². The van der Waals surface area contributed by atoms with E-state index in [1.807, 2.05) is 11.3 Å². The van der Waals surface area contributed by atoms with Gasteiger partial charge in [-0.25, -0.2) is 4.99 Å². The highest BCUT2D eigenvalue weighted by atomic mass is 32.1. The zero-order valence-electron chi connectivity index (χ0n) is 30.9. The second-order valence-corrected chi connectivity index (χ2v) is 16.2. The Kier molecular flexibility index (Phi) is 7.37. The van der Waals surface area contributed by atoms with Crippen LogP contribution >= 0.6 is 11.3 Å². The average molecular weight is 753 g/mol. The molecule has 0 amide bonds. The molecule has 1 aliphatic heterocycles. The lowest BCUT2D eigenvalue weighted by molar-refractivity contribution is 0.351. The fourth-order valence-corrected chi connectivity index (χ4v) is 10.4. The Balaban J connectivity index is 0.922. The molecule has 2 aliphatic rings. The molecule has 3 unspecified atom stereocenters. The molecule has 0 bridgehead atoms. The molecule has 5 nitrogen and oxygen atoms in total. The number of hydrogen-bond donors (Lipinski definition) is 2. The predicted octanol–water partition coefficient (Wildman–Crippen LogP) is 10.8. The van der Waals surface area contributed by atoms with Crippen molar-refractivity contribution in [1.29, 1.82) is 0 Å². The molecule has 0 fully saturated rings. The minimum Gasteiger partial charge on any atom is -0.456 e. The second kappa shape index (κ2) is 12.9. The number of nitrogens with zero attached hydrogens (tertiary/aromatic N) is 2. The molecule has 2 N–H and O–H groups in total. The van der Waals surface area contributed by atoms with Gasteiger partial charge in [0.05, 0.1) is 11.0 Å². The predicted molar refractivity (Wildman–Crippen MR) is 237 cm³/mol. The van der Waals surface area contributed by atoms with Crippen LogP contribution in [0.2, 0.25) is 0 Å². The first-order valence-corrected chi connectivity index (χ1v) is 20.4. The Bertz CT molecular complexity index is 3300. The molecule has 10 aromatic rings. The van der Waals surface area contributed by atoms with E-state index in [2.05, 4.69) is 191 Å². The quantitative estimate of drug-likeness (QED) is 0.184. The van der Waals surface area contributed by atoms with Crippen LogP contribution in [-0.4, -0.2) is 16.6 Å². The summed E-state index contributed by atoms with van der Waals surface area (Å²) in [5.74, 6) is 1.12. The zero-order valence-corrected chi connectivity index (χ0v) is 31.7. The van der Waals surface area contributed by atoms with Crippen LogP contribution in [0, 0.1) is 5.92 Å². The van der Waals surface area contributed by atoms with Crippen LogP contribution < -0.4 is 20.4 Å². The maximum atomic E-state index is 6.69. The van der Waals surface area contributed by atoms with Gasteiger partial charge in [-0.05, 0) is 64.7 Å². The highest BCUT2D eigenvalue weighted by Gasteiger charge is 2.30. The summed E-state index contributed by atoms with van der Waals surface area (Å²) in [4.78, 5) is 5.28. The highest BCUT2D eigenvalue weighted by Crippen LogP contribution is 2.38. The van der Waals surface area contributed by atoms with Crippen LogP contribution in [0.25, 0.3) is 82.8 Å². The number of nitrogens with one attached hydrogen (secondary N) is 2. The van der Waals surface area contributed by atoms with E-state index >= 15 is 0 Å². The zero-order chi connectivity index (χ0) is 37.5. The number of hydrogen-bond acceptors (Lipinski definition) is 5.